The highest BCUT2D eigenvalue weighted by molar-refractivity contribution is 7.22. The summed E-state index contributed by atoms with van der Waals surface area (Å²) in [5, 5.41) is 17.9. The molecule has 0 aliphatic carbocycles. The lowest BCUT2D eigenvalue weighted by Crippen LogP contribution is -2.19. The van der Waals surface area contributed by atoms with Crippen LogP contribution in [0.1, 0.15) is 10.5 Å². The summed E-state index contributed by atoms with van der Waals surface area (Å²) in [5.74, 6) is -0.533. The number of nitrogens with zero attached hydrogens (tertiary/aromatic N) is 4. The van der Waals surface area contributed by atoms with E-state index < -0.39 is 23.6 Å². The molecule has 0 aliphatic heterocycles. The summed E-state index contributed by atoms with van der Waals surface area (Å²) in [7, 11) is 0. The van der Waals surface area contributed by atoms with Gasteiger partial charge in [-0.05, 0) is 30.3 Å². The van der Waals surface area contributed by atoms with E-state index in [1.54, 1.807) is 6.07 Å². The zero-order valence-electron chi connectivity index (χ0n) is 15.9. The number of carbonyl (C=O) groups excluding carboxylic acids is 1. The fraction of sp³-hybridized carbons (Fsp3) is 0.105. The molecule has 0 fully saturated rings. The molecule has 13 heteroatoms. The lowest BCUT2D eigenvalue weighted by atomic mass is 10.3. The third-order valence-corrected chi connectivity index (χ3v) is 5.04. The van der Waals surface area contributed by atoms with Crippen LogP contribution < -0.4 is 10.1 Å². The number of hydrogen-bond donors (Lipinski definition) is 1. The normalized spacial score (nSPS) is 11.5. The van der Waals surface area contributed by atoms with Crippen molar-refractivity contribution in [2.24, 2.45) is 0 Å². The van der Waals surface area contributed by atoms with Crippen molar-refractivity contribution >= 4 is 38.3 Å². The maximum absolute atomic E-state index is 12.5. The van der Waals surface area contributed by atoms with Crippen LogP contribution in [0.15, 0.2) is 54.7 Å². The molecule has 164 valence electrons. The van der Waals surface area contributed by atoms with Gasteiger partial charge in [-0.25, -0.2) is 9.67 Å². The number of benzene rings is 2. The molecule has 2 aromatic carbocycles. The van der Waals surface area contributed by atoms with Crippen molar-refractivity contribution in [2.45, 2.75) is 6.18 Å². The molecule has 2 aromatic heterocycles. The minimum absolute atomic E-state index is 0.0343. The molecular formula is C19H12F3N5O4S. The Bertz CT molecular complexity index is 1320. The lowest BCUT2D eigenvalue weighted by Gasteiger charge is -2.08. The number of thiazole rings is 1. The standard InChI is InChI=1S/C19H12F3N5O4S/c20-19(21,22)10-31-13-4-5-14-16(9-13)32-18(23-14)24-17(28)15-6-7-26(25-15)11-2-1-3-12(8-11)27(29)30/h1-9H,10H2,(H,23,24,28). The van der Waals surface area contributed by atoms with Crippen molar-refractivity contribution in [2.75, 3.05) is 11.9 Å². The summed E-state index contributed by atoms with van der Waals surface area (Å²) in [6.07, 6.45) is -2.97. The van der Waals surface area contributed by atoms with Crippen LogP contribution in [0, 0.1) is 10.1 Å². The number of nitro groups is 1. The Kier molecular flexibility index (Phi) is 5.48. The average Bonchev–Trinajstić information content (AvgIpc) is 3.38. The smallest absolute Gasteiger partial charge is 0.422 e. The van der Waals surface area contributed by atoms with Gasteiger partial charge in [0.05, 0.1) is 20.8 Å². The van der Waals surface area contributed by atoms with Gasteiger partial charge in [0.1, 0.15) is 5.75 Å². The lowest BCUT2D eigenvalue weighted by molar-refractivity contribution is -0.384. The number of rotatable bonds is 6. The Balaban J connectivity index is 1.48. The zero-order valence-corrected chi connectivity index (χ0v) is 16.7. The number of halogens is 3. The highest BCUT2D eigenvalue weighted by atomic mass is 32.1. The molecule has 0 spiro atoms. The average molecular weight is 463 g/mol. The maximum atomic E-state index is 12.5. The van der Waals surface area contributed by atoms with E-state index in [-0.39, 0.29) is 22.3 Å². The van der Waals surface area contributed by atoms with Gasteiger partial charge in [0.25, 0.3) is 11.6 Å². The highest BCUT2D eigenvalue weighted by Crippen LogP contribution is 2.30. The minimum Gasteiger partial charge on any atom is -0.484 e. The van der Waals surface area contributed by atoms with Crippen molar-refractivity contribution in [1.82, 2.24) is 14.8 Å². The molecule has 1 amide bonds. The topological polar surface area (TPSA) is 112 Å². The number of nitrogens with one attached hydrogen (secondary N) is 1. The highest BCUT2D eigenvalue weighted by Gasteiger charge is 2.28. The number of alkyl halides is 3. The number of carbonyl (C=O) groups is 1. The summed E-state index contributed by atoms with van der Waals surface area (Å²) in [6.45, 7) is -1.41. The van der Waals surface area contributed by atoms with Crippen molar-refractivity contribution in [3.8, 4) is 11.4 Å². The Hall–Kier alpha value is -4.00. The van der Waals surface area contributed by atoms with Crippen LogP contribution in [-0.2, 0) is 0 Å². The van der Waals surface area contributed by atoms with Crippen LogP contribution >= 0.6 is 11.3 Å². The van der Waals surface area contributed by atoms with Gasteiger partial charge in [0.2, 0.25) is 0 Å². The van der Waals surface area contributed by atoms with Crippen LogP contribution in [0.4, 0.5) is 24.0 Å². The van der Waals surface area contributed by atoms with Gasteiger partial charge in [-0.1, -0.05) is 17.4 Å². The molecule has 0 aliphatic rings. The molecular weight excluding hydrogens is 451 g/mol. The number of hydrogen-bond acceptors (Lipinski definition) is 7. The van der Waals surface area contributed by atoms with Gasteiger partial charge in [-0.15, -0.1) is 0 Å². The van der Waals surface area contributed by atoms with Crippen molar-refractivity contribution < 1.29 is 27.6 Å². The second kappa shape index (κ2) is 8.26. The molecule has 0 radical (unpaired) electrons. The van der Waals surface area contributed by atoms with Gasteiger partial charge in [-0.3, -0.25) is 20.2 Å². The number of aromatic nitrogens is 3. The molecule has 4 aromatic rings. The number of nitro benzene ring substituents is 1. The summed E-state index contributed by atoms with van der Waals surface area (Å²) in [4.78, 5) is 27.1. The summed E-state index contributed by atoms with van der Waals surface area (Å²) >= 11 is 1.06. The molecule has 9 nitrogen and oxygen atoms in total. The molecule has 32 heavy (non-hydrogen) atoms. The summed E-state index contributed by atoms with van der Waals surface area (Å²) in [5.41, 5.74) is 0.818. The summed E-state index contributed by atoms with van der Waals surface area (Å²) < 4.78 is 43.5. The maximum Gasteiger partial charge on any atom is 0.422 e. The van der Waals surface area contributed by atoms with Crippen LogP contribution in [0.25, 0.3) is 15.9 Å². The van der Waals surface area contributed by atoms with Gasteiger partial charge in [0.15, 0.2) is 17.4 Å². The molecule has 0 unspecified atom stereocenters. The SMILES string of the molecule is O=C(Nc1nc2ccc(OCC(F)(F)F)cc2s1)c1ccn(-c2cccc([N+](=O)[O-])c2)n1. The molecule has 0 bridgehead atoms. The predicted octanol–water partition coefficient (Wildman–Crippen LogP) is 4.58. The third kappa shape index (κ3) is 4.83. The second-order valence-corrected chi connectivity index (χ2v) is 7.46. The molecule has 0 saturated heterocycles. The summed E-state index contributed by atoms with van der Waals surface area (Å²) in [6, 6.07) is 11.5. The Morgan fingerprint density at radius 3 is 2.78 bits per heavy atom. The molecule has 2 heterocycles. The number of non-ortho nitro benzene ring substituents is 1. The van der Waals surface area contributed by atoms with Crippen LogP contribution in [-0.4, -0.2) is 38.4 Å². The molecule has 0 saturated carbocycles. The first-order valence-electron chi connectivity index (χ1n) is 8.90. The molecule has 0 atom stereocenters. The first-order chi connectivity index (χ1) is 15.2. The van der Waals surface area contributed by atoms with Crippen LogP contribution in [0.2, 0.25) is 0 Å². The quantitative estimate of drug-likeness (QED) is 0.331. The van der Waals surface area contributed by atoms with Crippen molar-refractivity contribution in [3.63, 3.8) is 0 Å². The van der Waals surface area contributed by atoms with Gasteiger partial charge >= 0.3 is 6.18 Å². The van der Waals surface area contributed by atoms with E-state index in [4.69, 9.17) is 4.74 Å². The largest absolute Gasteiger partial charge is 0.484 e. The number of ether oxygens (including phenoxy) is 1. The van der Waals surface area contributed by atoms with Gasteiger partial charge < -0.3 is 4.74 Å². The van der Waals surface area contributed by atoms with E-state index in [2.05, 4.69) is 15.4 Å². The fourth-order valence-electron chi connectivity index (χ4n) is 2.71. The van der Waals surface area contributed by atoms with E-state index in [1.165, 1.54) is 53.3 Å². The molecule has 1 N–H and O–H groups in total. The third-order valence-electron chi connectivity index (χ3n) is 4.11. The Morgan fingerprint density at radius 1 is 1.22 bits per heavy atom. The molecule has 4 rings (SSSR count). The minimum atomic E-state index is -4.45. The van der Waals surface area contributed by atoms with E-state index in [9.17, 15) is 28.1 Å². The van der Waals surface area contributed by atoms with Crippen molar-refractivity contribution in [3.05, 3.63) is 70.5 Å². The van der Waals surface area contributed by atoms with E-state index >= 15 is 0 Å². The van der Waals surface area contributed by atoms with Gasteiger partial charge in [-0.2, -0.15) is 18.3 Å². The predicted molar refractivity (Wildman–Crippen MR) is 109 cm³/mol. The van der Waals surface area contributed by atoms with E-state index in [0.29, 0.717) is 15.9 Å². The first kappa shape index (κ1) is 21.2. The fourth-order valence-corrected chi connectivity index (χ4v) is 3.60. The van der Waals surface area contributed by atoms with Crippen molar-refractivity contribution in [1.29, 1.82) is 0 Å². The Labute approximate surface area is 181 Å². The number of fused-ring (bicyclic) bond motifs is 1. The van der Waals surface area contributed by atoms with Gasteiger partial charge in [0, 0.05) is 18.3 Å². The van der Waals surface area contributed by atoms with Crippen LogP contribution in [0.5, 0.6) is 5.75 Å². The second-order valence-electron chi connectivity index (χ2n) is 6.43. The number of anilines is 1. The van der Waals surface area contributed by atoms with Crippen LogP contribution in [0.3, 0.4) is 0 Å². The van der Waals surface area contributed by atoms with E-state index in [1.807, 2.05) is 0 Å². The monoisotopic (exact) mass is 463 g/mol. The zero-order chi connectivity index (χ0) is 22.9. The van der Waals surface area contributed by atoms with E-state index in [0.717, 1.165) is 11.3 Å². The number of amides is 1. The Morgan fingerprint density at radius 2 is 2.03 bits per heavy atom. The first-order valence-corrected chi connectivity index (χ1v) is 9.71.